The van der Waals surface area contributed by atoms with Gasteiger partial charge in [0.2, 0.25) is 5.89 Å². The second-order valence-electron chi connectivity index (χ2n) is 9.29. The number of carboxylic acids is 1. The Hall–Kier alpha value is -4.20. The van der Waals surface area contributed by atoms with Crippen molar-refractivity contribution in [1.29, 1.82) is 0 Å². The van der Waals surface area contributed by atoms with Gasteiger partial charge < -0.3 is 19.7 Å². The van der Waals surface area contributed by atoms with Crippen LogP contribution in [0.1, 0.15) is 53.7 Å². The second kappa shape index (κ2) is 11.7. The van der Waals surface area contributed by atoms with Gasteiger partial charge in [-0.25, -0.2) is 4.98 Å². The first-order valence-corrected chi connectivity index (χ1v) is 12.7. The van der Waals surface area contributed by atoms with E-state index in [9.17, 15) is 9.90 Å². The Kier molecular flexibility index (Phi) is 7.74. The van der Waals surface area contributed by atoms with E-state index < -0.39 is 5.97 Å². The maximum absolute atomic E-state index is 11.6. The molecule has 0 amide bonds. The molecule has 190 valence electrons. The number of benzene rings is 2. The lowest BCUT2D eigenvalue weighted by molar-refractivity contribution is -0.137. The molecule has 5 rings (SSSR count). The van der Waals surface area contributed by atoms with E-state index in [0.29, 0.717) is 30.3 Å². The fourth-order valence-electron chi connectivity index (χ4n) is 4.60. The van der Waals surface area contributed by atoms with E-state index in [4.69, 9.17) is 14.2 Å². The monoisotopic (exact) mass is 498 g/mol. The number of hydrogen-bond donors (Lipinski definition) is 2. The number of para-hydroxylation sites is 1. The van der Waals surface area contributed by atoms with E-state index in [2.05, 4.69) is 27.6 Å². The summed E-state index contributed by atoms with van der Waals surface area (Å²) in [5.74, 6) is 2.24. The van der Waals surface area contributed by atoms with Crippen molar-refractivity contribution >= 4 is 11.8 Å². The summed E-state index contributed by atoms with van der Waals surface area (Å²) in [5.41, 5.74) is 3.18. The SMILES string of the molecule is O=C(O)CC(Cc1nc(CCCc2ccc3c(n2)NCCC3)no1)c1cccc(Oc2ccccc2)c1. The van der Waals surface area contributed by atoms with Crippen LogP contribution in [0.4, 0.5) is 5.82 Å². The first-order chi connectivity index (χ1) is 18.1. The molecule has 8 nitrogen and oxygen atoms in total. The van der Waals surface area contributed by atoms with Crippen LogP contribution in [0.25, 0.3) is 0 Å². The first-order valence-electron chi connectivity index (χ1n) is 12.7. The lowest BCUT2D eigenvalue weighted by Gasteiger charge is -2.17. The van der Waals surface area contributed by atoms with Gasteiger partial charge in [-0.1, -0.05) is 41.6 Å². The van der Waals surface area contributed by atoms with E-state index in [-0.39, 0.29) is 12.3 Å². The van der Waals surface area contributed by atoms with Gasteiger partial charge >= 0.3 is 5.97 Å². The van der Waals surface area contributed by atoms with Crippen LogP contribution in [0, 0.1) is 0 Å². The van der Waals surface area contributed by atoms with Crippen LogP contribution >= 0.6 is 0 Å². The van der Waals surface area contributed by atoms with Gasteiger partial charge in [-0.2, -0.15) is 4.98 Å². The van der Waals surface area contributed by atoms with E-state index in [1.165, 1.54) is 5.56 Å². The fraction of sp³-hybridized carbons (Fsp3) is 0.310. The number of ether oxygens (including phenoxy) is 1. The third-order valence-electron chi connectivity index (χ3n) is 6.45. The molecular formula is C29H30N4O4. The number of pyridine rings is 1. The summed E-state index contributed by atoms with van der Waals surface area (Å²) in [4.78, 5) is 20.9. The molecule has 2 aromatic heterocycles. The molecule has 0 aliphatic carbocycles. The lowest BCUT2D eigenvalue weighted by atomic mass is 9.92. The summed E-state index contributed by atoms with van der Waals surface area (Å²) >= 11 is 0. The average Bonchev–Trinajstić information content (AvgIpc) is 3.36. The van der Waals surface area contributed by atoms with Gasteiger partial charge in [0.25, 0.3) is 0 Å². The number of aromatic nitrogens is 3. The Balaban J connectivity index is 1.20. The summed E-state index contributed by atoms with van der Waals surface area (Å²) in [5, 5.41) is 17.0. The number of hydrogen-bond acceptors (Lipinski definition) is 7. The first kappa shape index (κ1) is 24.5. The van der Waals surface area contributed by atoms with Crippen LogP contribution in [0.15, 0.2) is 71.3 Å². The predicted octanol–water partition coefficient (Wildman–Crippen LogP) is 5.59. The van der Waals surface area contributed by atoms with Gasteiger partial charge in [-0.05, 0) is 67.1 Å². The summed E-state index contributed by atoms with van der Waals surface area (Å²) in [6.45, 7) is 0.975. The smallest absolute Gasteiger partial charge is 0.303 e. The highest BCUT2D eigenvalue weighted by Crippen LogP contribution is 2.29. The van der Waals surface area contributed by atoms with Gasteiger partial charge in [0, 0.05) is 31.0 Å². The van der Waals surface area contributed by atoms with Crippen LogP contribution in [0.3, 0.4) is 0 Å². The minimum absolute atomic E-state index is 0.0511. The Morgan fingerprint density at radius 1 is 1.03 bits per heavy atom. The Labute approximate surface area is 215 Å². The zero-order chi connectivity index (χ0) is 25.5. The van der Waals surface area contributed by atoms with Gasteiger partial charge in [-0.15, -0.1) is 0 Å². The average molecular weight is 499 g/mol. The van der Waals surface area contributed by atoms with Crippen molar-refractivity contribution in [2.45, 2.75) is 50.9 Å². The van der Waals surface area contributed by atoms with Gasteiger partial charge in [-0.3, -0.25) is 4.79 Å². The number of rotatable bonds is 11. The van der Waals surface area contributed by atoms with Gasteiger partial charge in [0.05, 0.1) is 6.42 Å². The molecule has 8 heteroatoms. The van der Waals surface area contributed by atoms with Crippen LogP contribution in [0.2, 0.25) is 0 Å². The number of fused-ring (bicyclic) bond motifs is 1. The van der Waals surface area contributed by atoms with Crippen molar-refractivity contribution in [2.75, 3.05) is 11.9 Å². The molecule has 4 aromatic rings. The van der Waals surface area contributed by atoms with Crippen molar-refractivity contribution in [2.24, 2.45) is 0 Å². The fourth-order valence-corrected chi connectivity index (χ4v) is 4.60. The van der Waals surface area contributed by atoms with Crippen LogP contribution in [-0.2, 0) is 30.5 Å². The minimum Gasteiger partial charge on any atom is -0.481 e. The summed E-state index contributed by atoms with van der Waals surface area (Å²) < 4.78 is 11.4. The Morgan fingerprint density at radius 2 is 1.89 bits per heavy atom. The molecule has 2 N–H and O–H groups in total. The number of aryl methyl sites for hydroxylation is 3. The number of aliphatic carboxylic acids is 1. The van der Waals surface area contributed by atoms with Crippen molar-refractivity contribution in [3.05, 3.63) is 95.3 Å². The maximum Gasteiger partial charge on any atom is 0.303 e. The molecular weight excluding hydrogens is 468 g/mol. The lowest BCUT2D eigenvalue weighted by Crippen LogP contribution is -2.14. The quantitative estimate of drug-likeness (QED) is 0.275. The molecule has 1 aliphatic heterocycles. The number of anilines is 1. The summed E-state index contributed by atoms with van der Waals surface area (Å²) in [6, 6.07) is 21.2. The molecule has 0 saturated carbocycles. The van der Waals surface area contributed by atoms with Crippen LogP contribution < -0.4 is 10.1 Å². The van der Waals surface area contributed by atoms with Crippen LogP contribution in [0.5, 0.6) is 11.5 Å². The molecule has 0 bridgehead atoms. The normalized spacial score (nSPS) is 13.4. The molecule has 2 aromatic carbocycles. The molecule has 0 saturated heterocycles. The summed E-state index contributed by atoms with van der Waals surface area (Å²) in [6.07, 6.45) is 4.86. The van der Waals surface area contributed by atoms with Gasteiger partial charge in [0.1, 0.15) is 17.3 Å². The van der Waals surface area contributed by atoms with E-state index >= 15 is 0 Å². The second-order valence-corrected chi connectivity index (χ2v) is 9.29. The predicted molar refractivity (Wildman–Crippen MR) is 139 cm³/mol. The van der Waals surface area contributed by atoms with E-state index in [1.807, 2.05) is 54.6 Å². The highest BCUT2D eigenvalue weighted by Gasteiger charge is 2.21. The number of carbonyl (C=O) groups is 1. The highest BCUT2D eigenvalue weighted by atomic mass is 16.5. The highest BCUT2D eigenvalue weighted by molar-refractivity contribution is 5.68. The third kappa shape index (κ3) is 6.73. The Morgan fingerprint density at radius 3 is 2.76 bits per heavy atom. The van der Waals surface area contributed by atoms with Crippen molar-refractivity contribution in [1.82, 2.24) is 15.1 Å². The zero-order valence-corrected chi connectivity index (χ0v) is 20.6. The molecule has 0 fully saturated rings. The number of carboxylic acid groups (broad SMARTS) is 1. The topological polar surface area (TPSA) is 110 Å². The molecule has 1 atom stereocenters. The minimum atomic E-state index is -0.883. The third-order valence-corrected chi connectivity index (χ3v) is 6.45. The molecule has 1 unspecified atom stereocenters. The maximum atomic E-state index is 11.6. The molecule has 37 heavy (non-hydrogen) atoms. The van der Waals surface area contributed by atoms with E-state index in [1.54, 1.807) is 0 Å². The van der Waals surface area contributed by atoms with Crippen molar-refractivity contribution in [3.8, 4) is 11.5 Å². The van der Waals surface area contributed by atoms with Crippen molar-refractivity contribution in [3.63, 3.8) is 0 Å². The largest absolute Gasteiger partial charge is 0.481 e. The van der Waals surface area contributed by atoms with Crippen LogP contribution in [-0.4, -0.2) is 32.7 Å². The molecule has 0 radical (unpaired) electrons. The molecule has 0 spiro atoms. The Bertz CT molecular complexity index is 1340. The van der Waals surface area contributed by atoms with Crippen molar-refractivity contribution < 1.29 is 19.2 Å². The number of nitrogens with one attached hydrogen (secondary N) is 1. The van der Waals surface area contributed by atoms with E-state index in [0.717, 1.165) is 55.1 Å². The molecule has 3 heterocycles. The zero-order valence-electron chi connectivity index (χ0n) is 20.6. The summed E-state index contributed by atoms with van der Waals surface area (Å²) in [7, 11) is 0. The standard InChI is InChI=1S/C29H30N4O4/c34-28(35)19-22(21-7-4-12-25(17-21)36-24-10-2-1-3-11-24)18-27-32-26(33-37-27)13-5-9-23-15-14-20-8-6-16-30-29(20)31-23/h1-4,7,10-12,14-15,17,22H,5-6,8-9,13,16,18-19H2,(H,30,31)(H,34,35). The molecule has 1 aliphatic rings. The number of nitrogens with zero attached hydrogens (tertiary/aromatic N) is 3. The van der Waals surface area contributed by atoms with Gasteiger partial charge in [0.15, 0.2) is 5.82 Å².